The van der Waals surface area contributed by atoms with E-state index >= 15 is 4.39 Å². The number of nitriles is 1. The molecule has 0 amide bonds. The lowest BCUT2D eigenvalue weighted by Gasteiger charge is -2.47. The van der Waals surface area contributed by atoms with Crippen LogP contribution < -0.4 is 5.46 Å². The third-order valence-electron chi connectivity index (χ3n) is 9.86. The number of allylic oxidation sites excluding steroid dienone is 2. The molecule has 1 aromatic heterocycles. The van der Waals surface area contributed by atoms with E-state index < -0.39 is 23.7 Å². The van der Waals surface area contributed by atoms with Crippen molar-refractivity contribution in [3.8, 4) is 23.0 Å². The standard InChI is InChI=1S/C32H35BFN3O3/c1-19-25-16-15-24-27(23-9-7-8-10-26(23)34)36-37(29(24)32(25,6)17-20(18-35)28(19)38)22-13-11-21(12-14-22)33-39-30(2,3)31(4,5)40-33/h7-14,19,25,38H,15-17H2,1-6H3/t19-,25-,32-/m1/s1. The molecule has 6 rings (SSSR count). The van der Waals surface area contributed by atoms with Crippen molar-refractivity contribution < 1.29 is 18.8 Å². The van der Waals surface area contributed by atoms with Crippen LogP contribution in [-0.4, -0.2) is 33.2 Å². The summed E-state index contributed by atoms with van der Waals surface area (Å²) < 4.78 is 29.5. The number of benzene rings is 2. The Kier molecular flexibility index (Phi) is 6.07. The Balaban J connectivity index is 1.50. The summed E-state index contributed by atoms with van der Waals surface area (Å²) in [5.74, 6) is -0.163. The van der Waals surface area contributed by atoms with Crippen LogP contribution in [0.5, 0.6) is 0 Å². The molecule has 3 aromatic rings. The second-order valence-electron chi connectivity index (χ2n) is 12.8. The molecule has 1 N–H and O–H groups in total. The molecule has 8 heteroatoms. The van der Waals surface area contributed by atoms with Gasteiger partial charge in [-0.05, 0) is 82.6 Å². The average molecular weight is 539 g/mol. The van der Waals surface area contributed by atoms with Gasteiger partial charge in [-0.25, -0.2) is 9.07 Å². The molecule has 6 nitrogen and oxygen atoms in total. The maximum absolute atomic E-state index is 15.1. The van der Waals surface area contributed by atoms with Gasteiger partial charge in [-0.15, -0.1) is 0 Å². The second kappa shape index (κ2) is 9.05. The van der Waals surface area contributed by atoms with Crippen molar-refractivity contribution in [2.24, 2.45) is 11.8 Å². The van der Waals surface area contributed by atoms with Crippen LogP contribution in [0.3, 0.4) is 0 Å². The Morgan fingerprint density at radius 3 is 2.33 bits per heavy atom. The predicted octanol–water partition coefficient (Wildman–Crippen LogP) is 6.17. The van der Waals surface area contributed by atoms with Crippen molar-refractivity contribution in [3.63, 3.8) is 0 Å². The quantitative estimate of drug-likeness (QED) is 0.403. The van der Waals surface area contributed by atoms with E-state index in [9.17, 15) is 10.4 Å². The number of aliphatic hydroxyl groups is 1. The Morgan fingerprint density at radius 1 is 1.05 bits per heavy atom. The van der Waals surface area contributed by atoms with Crippen LogP contribution in [0.4, 0.5) is 4.39 Å². The van der Waals surface area contributed by atoms with E-state index in [1.54, 1.807) is 12.1 Å². The summed E-state index contributed by atoms with van der Waals surface area (Å²) in [6, 6.07) is 17.0. The molecule has 0 radical (unpaired) electrons. The average Bonchev–Trinajstić information content (AvgIpc) is 3.41. The number of aromatic nitrogens is 2. The van der Waals surface area contributed by atoms with Crippen LogP contribution >= 0.6 is 0 Å². The zero-order valence-electron chi connectivity index (χ0n) is 24.0. The van der Waals surface area contributed by atoms with Crippen molar-refractivity contribution in [2.45, 2.75) is 77.4 Å². The van der Waals surface area contributed by atoms with Gasteiger partial charge in [0.15, 0.2) is 0 Å². The Morgan fingerprint density at radius 2 is 1.70 bits per heavy atom. The summed E-state index contributed by atoms with van der Waals surface area (Å²) >= 11 is 0. The van der Waals surface area contributed by atoms with Crippen molar-refractivity contribution >= 4 is 12.6 Å². The zero-order valence-corrected chi connectivity index (χ0v) is 24.0. The highest BCUT2D eigenvalue weighted by Gasteiger charge is 2.53. The van der Waals surface area contributed by atoms with Gasteiger partial charge < -0.3 is 14.4 Å². The summed E-state index contributed by atoms with van der Waals surface area (Å²) in [6.45, 7) is 12.3. The monoisotopic (exact) mass is 539 g/mol. The molecule has 0 unspecified atom stereocenters. The number of halogens is 1. The van der Waals surface area contributed by atoms with E-state index in [1.807, 2.05) is 69.6 Å². The van der Waals surface area contributed by atoms with Gasteiger partial charge in [0.25, 0.3) is 0 Å². The van der Waals surface area contributed by atoms with Gasteiger partial charge in [-0.3, -0.25) is 0 Å². The van der Waals surface area contributed by atoms with E-state index in [-0.39, 0.29) is 23.4 Å². The molecular weight excluding hydrogens is 504 g/mol. The van der Waals surface area contributed by atoms with E-state index in [1.165, 1.54) is 6.07 Å². The third kappa shape index (κ3) is 3.86. The van der Waals surface area contributed by atoms with Crippen LogP contribution in [0.2, 0.25) is 0 Å². The van der Waals surface area contributed by atoms with Gasteiger partial charge in [0.05, 0.1) is 39.9 Å². The first kappa shape index (κ1) is 26.8. The first-order valence-corrected chi connectivity index (χ1v) is 14.0. The van der Waals surface area contributed by atoms with Crippen LogP contribution in [-0.2, 0) is 21.1 Å². The number of hydrogen-bond acceptors (Lipinski definition) is 5. The van der Waals surface area contributed by atoms with E-state index in [2.05, 4.69) is 13.0 Å². The lowest BCUT2D eigenvalue weighted by atomic mass is 9.56. The number of rotatable bonds is 3. The van der Waals surface area contributed by atoms with Crippen LogP contribution in [0.15, 0.2) is 59.9 Å². The molecule has 2 heterocycles. The van der Waals surface area contributed by atoms with Gasteiger partial charge in [-0.2, -0.15) is 10.4 Å². The van der Waals surface area contributed by atoms with Gasteiger partial charge in [0, 0.05) is 22.5 Å². The van der Waals surface area contributed by atoms with Crippen molar-refractivity contribution in [1.82, 2.24) is 9.78 Å². The van der Waals surface area contributed by atoms with Crippen LogP contribution in [0.1, 0.15) is 65.6 Å². The maximum atomic E-state index is 15.1. The molecule has 0 bridgehead atoms. The largest absolute Gasteiger partial charge is 0.511 e. The lowest BCUT2D eigenvalue weighted by molar-refractivity contribution is 0.00578. The van der Waals surface area contributed by atoms with Gasteiger partial charge in [-0.1, -0.05) is 38.1 Å². The highest BCUT2D eigenvalue weighted by molar-refractivity contribution is 6.62. The Bertz CT molecular complexity index is 1550. The van der Waals surface area contributed by atoms with E-state index in [0.29, 0.717) is 29.7 Å². The smallest absolute Gasteiger partial charge is 0.494 e. The second-order valence-corrected chi connectivity index (χ2v) is 12.8. The van der Waals surface area contributed by atoms with Gasteiger partial charge in [0.1, 0.15) is 11.6 Å². The first-order chi connectivity index (χ1) is 18.9. The van der Waals surface area contributed by atoms with Gasteiger partial charge >= 0.3 is 7.12 Å². The number of hydrogen-bond donors (Lipinski definition) is 1. The maximum Gasteiger partial charge on any atom is 0.494 e. The molecule has 2 aliphatic carbocycles. The molecule has 2 aromatic carbocycles. The lowest BCUT2D eigenvalue weighted by Crippen LogP contribution is -2.45. The fraction of sp³-hybridized carbons (Fsp3) is 0.438. The first-order valence-electron chi connectivity index (χ1n) is 14.0. The fourth-order valence-corrected chi connectivity index (χ4v) is 6.91. The molecule has 206 valence electrons. The minimum atomic E-state index is -0.480. The molecule has 3 atom stereocenters. The Hall–Kier alpha value is -3.41. The highest BCUT2D eigenvalue weighted by atomic mass is 19.1. The summed E-state index contributed by atoms with van der Waals surface area (Å²) in [7, 11) is -0.480. The number of nitrogens with zero attached hydrogens (tertiary/aromatic N) is 3. The fourth-order valence-electron chi connectivity index (χ4n) is 6.91. The van der Waals surface area contributed by atoms with Crippen LogP contribution in [0, 0.1) is 29.0 Å². The third-order valence-corrected chi connectivity index (χ3v) is 9.86. The predicted molar refractivity (Wildman–Crippen MR) is 153 cm³/mol. The van der Waals surface area contributed by atoms with Crippen LogP contribution in [0.25, 0.3) is 16.9 Å². The summed E-state index contributed by atoms with van der Waals surface area (Å²) in [5, 5.41) is 25.7. The summed E-state index contributed by atoms with van der Waals surface area (Å²) in [5.41, 5.74) is 3.90. The topological polar surface area (TPSA) is 80.3 Å². The molecule has 0 spiro atoms. The molecule has 40 heavy (non-hydrogen) atoms. The normalized spacial score (nSPS) is 26.8. The van der Waals surface area contributed by atoms with Crippen molar-refractivity contribution in [2.75, 3.05) is 0 Å². The minimum Gasteiger partial charge on any atom is -0.511 e. The van der Waals surface area contributed by atoms with E-state index in [0.717, 1.165) is 28.8 Å². The summed E-state index contributed by atoms with van der Waals surface area (Å²) in [4.78, 5) is 0. The number of fused-ring (bicyclic) bond motifs is 3. The molecular formula is C32H35BFN3O3. The Labute approximate surface area is 235 Å². The SMILES string of the molecule is C[C@H]1C(O)=C(C#N)C[C@@]2(C)c3c(c(-c4ccccc4F)nn3-c3ccc(B4OC(C)(C)C(C)(C)O4)cc3)CC[C@H]12. The number of aliphatic hydroxyl groups excluding tert-OH is 1. The minimum absolute atomic E-state index is 0.116. The molecule has 1 fully saturated rings. The van der Waals surface area contributed by atoms with E-state index in [4.69, 9.17) is 14.4 Å². The zero-order chi connectivity index (χ0) is 28.6. The molecule has 3 aliphatic rings. The highest BCUT2D eigenvalue weighted by Crippen LogP contribution is 2.55. The molecule has 1 saturated heterocycles. The van der Waals surface area contributed by atoms with Crippen molar-refractivity contribution in [1.29, 1.82) is 5.26 Å². The van der Waals surface area contributed by atoms with Crippen molar-refractivity contribution in [3.05, 3.63) is 76.9 Å². The molecule has 1 aliphatic heterocycles. The van der Waals surface area contributed by atoms with Gasteiger partial charge in [0.2, 0.25) is 0 Å². The molecule has 0 saturated carbocycles. The summed E-state index contributed by atoms with van der Waals surface area (Å²) in [6.07, 6.45) is 1.94.